The zero-order valence-corrected chi connectivity index (χ0v) is 16.9. The van der Waals surface area contributed by atoms with E-state index in [2.05, 4.69) is 53.1 Å². The minimum Gasteiger partial charge on any atom is -0.379 e. The molecule has 150 valence electrons. The molecule has 28 heavy (non-hydrogen) atoms. The van der Waals surface area contributed by atoms with Crippen molar-refractivity contribution in [2.45, 2.75) is 38.8 Å². The Labute approximate surface area is 169 Å². The Morgan fingerprint density at radius 1 is 1.00 bits per heavy atom. The molecule has 1 atom stereocenters. The minimum absolute atomic E-state index is 0.183. The van der Waals surface area contributed by atoms with Gasteiger partial charge in [0.2, 0.25) is 5.91 Å². The van der Waals surface area contributed by atoms with E-state index in [0.29, 0.717) is 13.0 Å². The number of nitrogens with zero attached hydrogens (tertiary/aromatic N) is 2. The predicted molar refractivity (Wildman–Crippen MR) is 113 cm³/mol. The standard InChI is InChI=1S/C24H32N2O2/c1-21(19-25-15-17-28-18-16-25)26(20-23-11-6-3-7-12-23)24(27)14-8-13-22-9-4-2-5-10-22/h2-7,9-12,21H,8,13-20H2,1H3. The molecule has 2 aromatic rings. The van der Waals surface area contributed by atoms with Crippen molar-refractivity contribution in [2.75, 3.05) is 32.8 Å². The summed E-state index contributed by atoms with van der Waals surface area (Å²) in [6, 6.07) is 20.9. The van der Waals surface area contributed by atoms with Crippen molar-refractivity contribution in [2.24, 2.45) is 0 Å². The third kappa shape index (κ3) is 6.47. The van der Waals surface area contributed by atoms with Crippen LogP contribution in [0, 0.1) is 0 Å². The van der Waals surface area contributed by atoms with Gasteiger partial charge < -0.3 is 9.64 Å². The summed E-state index contributed by atoms with van der Waals surface area (Å²) in [5.74, 6) is 0.251. The zero-order chi connectivity index (χ0) is 19.6. The molecule has 0 aromatic heterocycles. The van der Waals surface area contributed by atoms with Crippen LogP contribution >= 0.6 is 0 Å². The molecule has 1 aliphatic heterocycles. The predicted octanol–water partition coefficient (Wildman–Crippen LogP) is 3.76. The van der Waals surface area contributed by atoms with E-state index in [9.17, 15) is 4.79 Å². The zero-order valence-electron chi connectivity index (χ0n) is 16.9. The van der Waals surface area contributed by atoms with E-state index < -0.39 is 0 Å². The molecule has 1 saturated heterocycles. The van der Waals surface area contributed by atoms with Crippen LogP contribution in [0.4, 0.5) is 0 Å². The number of ether oxygens (including phenoxy) is 1. The fourth-order valence-electron chi connectivity index (χ4n) is 3.76. The van der Waals surface area contributed by atoms with Crippen LogP contribution in [0.3, 0.4) is 0 Å². The summed E-state index contributed by atoms with van der Waals surface area (Å²) in [7, 11) is 0. The van der Waals surface area contributed by atoms with Crippen LogP contribution in [-0.2, 0) is 22.5 Å². The molecule has 1 heterocycles. The second-order valence-electron chi connectivity index (χ2n) is 7.61. The summed E-state index contributed by atoms with van der Waals surface area (Å²) < 4.78 is 5.46. The van der Waals surface area contributed by atoms with Gasteiger partial charge in [0.15, 0.2) is 0 Å². The van der Waals surface area contributed by atoms with E-state index in [1.807, 2.05) is 24.3 Å². The first-order valence-electron chi connectivity index (χ1n) is 10.4. The fraction of sp³-hybridized carbons (Fsp3) is 0.458. The van der Waals surface area contributed by atoms with Crippen molar-refractivity contribution >= 4 is 5.91 Å². The Morgan fingerprint density at radius 2 is 1.61 bits per heavy atom. The van der Waals surface area contributed by atoms with Gasteiger partial charge in [-0.3, -0.25) is 9.69 Å². The van der Waals surface area contributed by atoms with Gasteiger partial charge in [-0.15, -0.1) is 0 Å². The Balaban J connectivity index is 1.59. The number of amides is 1. The van der Waals surface area contributed by atoms with Gasteiger partial charge in [-0.25, -0.2) is 0 Å². The largest absolute Gasteiger partial charge is 0.379 e. The lowest BCUT2D eigenvalue weighted by atomic mass is 10.1. The van der Waals surface area contributed by atoms with E-state index in [-0.39, 0.29) is 11.9 Å². The molecule has 0 spiro atoms. The second kappa shape index (κ2) is 11.0. The summed E-state index contributed by atoms with van der Waals surface area (Å²) in [5, 5.41) is 0. The SMILES string of the molecule is CC(CN1CCOCC1)N(Cc1ccccc1)C(=O)CCCc1ccccc1. The molecular weight excluding hydrogens is 348 g/mol. The molecule has 0 saturated carbocycles. The van der Waals surface area contributed by atoms with Crippen molar-refractivity contribution in [3.8, 4) is 0 Å². The molecule has 1 amide bonds. The summed E-state index contributed by atoms with van der Waals surface area (Å²) in [5.41, 5.74) is 2.49. The maximum atomic E-state index is 13.1. The molecule has 1 aliphatic rings. The number of hydrogen-bond acceptors (Lipinski definition) is 3. The van der Waals surface area contributed by atoms with Gasteiger partial charge in [-0.1, -0.05) is 60.7 Å². The van der Waals surface area contributed by atoms with Crippen LogP contribution in [0.15, 0.2) is 60.7 Å². The lowest BCUT2D eigenvalue weighted by Gasteiger charge is -2.35. The third-order valence-corrected chi connectivity index (χ3v) is 5.37. The second-order valence-corrected chi connectivity index (χ2v) is 7.61. The van der Waals surface area contributed by atoms with Crippen molar-refractivity contribution in [3.05, 3.63) is 71.8 Å². The number of morpholine rings is 1. The summed E-state index contributed by atoms with van der Waals surface area (Å²) >= 11 is 0. The maximum Gasteiger partial charge on any atom is 0.223 e. The normalized spacial score (nSPS) is 15.9. The minimum atomic E-state index is 0.183. The lowest BCUT2D eigenvalue weighted by Crippen LogP contribution is -2.47. The van der Waals surface area contributed by atoms with Gasteiger partial charge in [0, 0.05) is 38.6 Å². The molecule has 0 N–H and O–H groups in total. The highest BCUT2D eigenvalue weighted by Gasteiger charge is 2.23. The Morgan fingerprint density at radius 3 is 2.25 bits per heavy atom. The molecule has 4 heteroatoms. The van der Waals surface area contributed by atoms with E-state index >= 15 is 0 Å². The van der Waals surface area contributed by atoms with Crippen molar-refractivity contribution < 1.29 is 9.53 Å². The van der Waals surface area contributed by atoms with Crippen LogP contribution in [0.5, 0.6) is 0 Å². The molecule has 1 fully saturated rings. The first kappa shape index (κ1) is 20.6. The van der Waals surface area contributed by atoms with Gasteiger partial charge in [0.25, 0.3) is 0 Å². The van der Waals surface area contributed by atoms with Crippen LogP contribution in [0.25, 0.3) is 0 Å². The van der Waals surface area contributed by atoms with Gasteiger partial charge in [-0.2, -0.15) is 0 Å². The van der Waals surface area contributed by atoms with Crippen molar-refractivity contribution in [1.82, 2.24) is 9.80 Å². The molecule has 0 bridgehead atoms. The number of aryl methyl sites for hydroxylation is 1. The van der Waals surface area contributed by atoms with Crippen LogP contribution in [0.1, 0.15) is 30.9 Å². The fourth-order valence-corrected chi connectivity index (χ4v) is 3.76. The monoisotopic (exact) mass is 380 g/mol. The highest BCUT2D eigenvalue weighted by molar-refractivity contribution is 5.76. The number of benzene rings is 2. The first-order chi connectivity index (χ1) is 13.7. The Kier molecular flexibility index (Phi) is 8.07. The van der Waals surface area contributed by atoms with E-state index in [1.165, 1.54) is 11.1 Å². The number of rotatable bonds is 9. The smallest absolute Gasteiger partial charge is 0.223 e. The lowest BCUT2D eigenvalue weighted by molar-refractivity contribution is -0.134. The molecular formula is C24H32N2O2. The average molecular weight is 381 g/mol. The molecule has 2 aromatic carbocycles. The van der Waals surface area contributed by atoms with E-state index in [1.54, 1.807) is 0 Å². The van der Waals surface area contributed by atoms with Gasteiger partial charge in [-0.05, 0) is 30.9 Å². The van der Waals surface area contributed by atoms with Crippen molar-refractivity contribution in [1.29, 1.82) is 0 Å². The number of carbonyl (C=O) groups is 1. The summed E-state index contributed by atoms with van der Waals surface area (Å²) in [4.78, 5) is 17.6. The quantitative estimate of drug-likeness (QED) is 0.664. The van der Waals surface area contributed by atoms with Gasteiger partial charge in [0.1, 0.15) is 0 Å². The highest BCUT2D eigenvalue weighted by Crippen LogP contribution is 2.14. The van der Waals surface area contributed by atoms with Gasteiger partial charge >= 0.3 is 0 Å². The molecule has 1 unspecified atom stereocenters. The van der Waals surface area contributed by atoms with Crippen molar-refractivity contribution in [3.63, 3.8) is 0 Å². The molecule has 0 aliphatic carbocycles. The molecule has 0 radical (unpaired) electrons. The molecule has 4 nitrogen and oxygen atoms in total. The third-order valence-electron chi connectivity index (χ3n) is 5.37. The Bertz CT molecular complexity index is 699. The maximum absolute atomic E-state index is 13.1. The number of hydrogen-bond donors (Lipinski definition) is 0. The van der Waals surface area contributed by atoms with Crippen LogP contribution < -0.4 is 0 Å². The summed E-state index contributed by atoms with van der Waals surface area (Å²) in [6.45, 7) is 7.23. The first-order valence-corrected chi connectivity index (χ1v) is 10.4. The Hall–Kier alpha value is -2.17. The highest BCUT2D eigenvalue weighted by atomic mass is 16.5. The topological polar surface area (TPSA) is 32.8 Å². The van der Waals surface area contributed by atoms with Crippen LogP contribution in [0.2, 0.25) is 0 Å². The van der Waals surface area contributed by atoms with Crippen LogP contribution in [-0.4, -0.2) is 54.6 Å². The van der Waals surface area contributed by atoms with E-state index in [4.69, 9.17) is 4.74 Å². The summed E-state index contributed by atoms with van der Waals surface area (Å²) in [6.07, 6.45) is 2.43. The van der Waals surface area contributed by atoms with E-state index in [0.717, 1.165) is 45.7 Å². The van der Waals surface area contributed by atoms with Gasteiger partial charge in [0.05, 0.1) is 13.2 Å². The number of carbonyl (C=O) groups excluding carboxylic acids is 1. The molecule has 3 rings (SSSR count). The average Bonchev–Trinajstić information content (AvgIpc) is 2.74.